The summed E-state index contributed by atoms with van der Waals surface area (Å²) in [6.07, 6.45) is 0.904. The molecule has 1 saturated heterocycles. The van der Waals surface area contributed by atoms with Crippen LogP contribution in [0.3, 0.4) is 0 Å². The molecule has 92 valence electrons. The molecule has 0 unspecified atom stereocenters. The summed E-state index contributed by atoms with van der Waals surface area (Å²) in [5, 5.41) is 12.2. The van der Waals surface area contributed by atoms with E-state index >= 15 is 0 Å². The van der Waals surface area contributed by atoms with E-state index in [4.69, 9.17) is 5.11 Å². The topological polar surface area (TPSA) is 52.6 Å². The number of carboxylic acid groups (broad SMARTS) is 1. The Morgan fingerprint density at radius 2 is 2.18 bits per heavy atom. The Balaban J connectivity index is 1.99. The smallest absolute Gasteiger partial charge is 0.317 e. The number of carboxylic acids is 1. The number of benzene rings is 1. The zero-order valence-electron chi connectivity index (χ0n) is 9.80. The number of hydrogen-bond donors (Lipinski definition) is 2. The first-order valence-corrected chi connectivity index (χ1v) is 5.96. The van der Waals surface area contributed by atoms with Crippen molar-refractivity contribution in [3.8, 4) is 0 Å². The van der Waals surface area contributed by atoms with Gasteiger partial charge in [-0.05, 0) is 12.0 Å². The van der Waals surface area contributed by atoms with Crippen molar-refractivity contribution < 1.29 is 9.90 Å². The van der Waals surface area contributed by atoms with Gasteiger partial charge in [0.1, 0.15) is 0 Å². The van der Waals surface area contributed by atoms with Crippen LogP contribution in [0.5, 0.6) is 0 Å². The molecule has 0 amide bonds. The van der Waals surface area contributed by atoms with Gasteiger partial charge >= 0.3 is 5.97 Å². The molecule has 1 aliphatic heterocycles. The number of hydrogen-bond acceptors (Lipinski definition) is 3. The summed E-state index contributed by atoms with van der Waals surface area (Å²) in [4.78, 5) is 12.9. The lowest BCUT2D eigenvalue weighted by atomic mass is 10.0. The molecular weight excluding hydrogens is 216 g/mol. The number of nitrogens with zero attached hydrogens (tertiary/aromatic N) is 1. The Kier molecular flexibility index (Phi) is 4.12. The number of carbonyl (C=O) groups is 1. The van der Waals surface area contributed by atoms with Crippen LogP contribution in [0.2, 0.25) is 0 Å². The highest BCUT2D eigenvalue weighted by molar-refractivity contribution is 5.69. The van der Waals surface area contributed by atoms with Crippen LogP contribution in [0.1, 0.15) is 5.56 Å². The number of nitrogens with one attached hydrogen (secondary N) is 1. The van der Waals surface area contributed by atoms with Crippen molar-refractivity contribution >= 4 is 5.97 Å². The third-order valence-electron chi connectivity index (χ3n) is 3.12. The molecular formula is C13H18N2O2. The fourth-order valence-electron chi connectivity index (χ4n) is 2.27. The van der Waals surface area contributed by atoms with E-state index in [1.54, 1.807) is 0 Å². The third-order valence-corrected chi connectivity index (χ3v) is 3.12. The SMILES string of the molecule is O=C(O)CN1CCNC[C@@H]1Cc1ccccc1. The molecule has 0 radical (unpaired) electrons. The van der Waals surface area contributed by atoms with E-state index in [1.165, 1.54) is 5.56 Å². The van der Waals surface area contributed by atoms with Gasteiger partial charge in [0.15, 0.2) is 0 Å². The van der Waals surface area contributed by atoms with Crippen molar-refractivity contribution in [2.24, 2.45) is 0 Å². The van der Waals surface area contributed by atoms with E-state index in [-0.39, 0.29) is 12.6 Å². The normalized spacial score (nSPS) is 21.3. The van der Waals surface area contributed by atoms with Crippen LogP contribution >= 0.6 is 0 Å². The predicted octanol–water partition coefficient (Wildman–Crippen LogP) is 0.588. The molecule has 1 aromatic carbocycles. The highest BCUT2D eigenvalue weighted by Gasteiger charge is 2.23. The first kappa shape index (κ1) is 12.1. The van der Waals surface area contributed by atoms with E-state index < -0.39 is 5.97 Å². The van der Waals surface area contributed by atoms with Crippen molar-refractivity contribution in [2.45, 2.75) is 12.5 Å². The summed E-state index contributed by atoms with van der Waals surface area (Å²) in [5.41, 5.74) is 1.26. The van der Waals surface area contributed by atoms with Crippen LogP contribution in [0, 0.1) is 0 Å². The average molecular weight is 234 g/mol. The van der Waals surface area contributed by atoms with Gasteiger partial charge in [0.25, 0.3) is 0 Å². The molecule has 1 fully saturated rings. The van der Waals surface area contributed by atoms with Crippen molar-refractivity contribution in [1.29, 1.82) is 0 Å². The van der Waals surface area contributed by atoms with Crippen molar-refractivity contribution in [3.05, 3.63) is 35.9 Å². The predicted molar refractivity (Wildman–Crippen MR) is 66.0 cm³/mol. The zero-order valence-corrected chi connectivity index (χ0v) is 9.80. The van der Waals surface area contributed by atoms with E-state index in [9.17, 15) is 4.79 Å². The van der Waals surface area contributed by atoms with Crippen molar-refractivity contribution in [3.63, 3.8) is 0 Å². The summed E-state index contributed by atoms with van der Waals surface area (Å²) in [5.74, 6) is -0.745. The fourth-order valence-corrected chi connectivity index (χ4v) is 2.27. The van der Waals surface area contributed by atoms with Gasteiger partial charge in [-0.25, -0.2) is 0 Å². The monoisotopic (exact) mass is 234 g/mol. The maximum absolute atomic E-state index is 10.8. The van der Waals surface area contributed by atoms with Gasteiger partial charge < -0.3 is 10.4 Å². The molecule has 0 bridgehead atoms. The molecule has 2 N–H and O–H groups in total. The first-order chi connectivity index (χ1) is 8.25. The molecule has 4 heteroatoms. The van der Waals surface area contributed by atoms with Crippen LogP contribution < -0.4 is 5.32 Å². The molecule has 4 nitrogen and oxygen atoms in total. The molecule has 1 atom stereocenters. The van der Waals surface area contributed by atoms with Gasteiger partial charge in [0.05, 0.1) is 6.54 Å². The van der Waals surface area contributed by atoms with Gasteiger partial charge in [-0.15, -0.1) is 0 Å². The highest BCUT2D eigenvalue weighted by Crippen LogP contribution is 2.10. The second-order valence-corrected chi connectivity index (χ2v) is 4.41. The van der Waals surface area contributed by atoms with Gasteiger partial charge in [0, 0.05) is 25.7 Å². The van der Waals surface area contributed by atoms with E-state index in [2.05, 4.69) is 17.4 Å². The summed E-state index contributed by atoms with van der Waals surface area (Å²) in [7, 11) is 0. The van der Waals surface area contributed by atoms with Crippen LogP contribution in [0.25, 0.3) is 0 Å². The van der Waals surface area contributed by atoms with E-state index in [0.29, 0.717) is 0 Å². The first-order valence-electron chi connectivity index (χ1n) is 5.96. The van der Waals surface area contributed by atoms with Crippen molar-refractivity contribution in [2.75, 3.05) is 26.2 Å². The van der Waals surface area contributed by atoms with Gasteiger partial charge in [-0.3, -0.25) is 9.69 Å². The standard InChI is InChI=1S/C13H18N2O2/c16-13(17)10-15-7-6-14-9-12(15)8-11-4-2-1-3-5-11/h1-5,12,14H,6-10H2,(H,16,17)/t12-/m0/s1. The van der Waals surface area contributed by atoms with Crippen molar-refractivity contribution in [1.82, 2.24) is 10.2 Å². The van der Waals surface area contributed by atoms with Gasteiger partial charge in [0.2, 0.25) is 0 Å². The van der Waals surface area contributed by atoms with Gasteiger partial charge in [-0.1, -0.05) is 30.3 Å². The second kappa shape index (κ2) is 5.80. The lowest BCUT2D eigenvalue weighted by Crippen LogP contribution is -2.53. The molecule has 0 aliphatic carbocycles. The minimum absolute atomic E-state index is 0.138. The Bertz CT molecular complexity index is 367. The summed E-state index contributed by atoms with van der Waals surface area (Å²) >= 11 is 0. The maximum atomic E-state index is 10.8. The Hall–Kier alpha value is -1.39. The average Bonchev–Trinajstić information content (AvgIpc) is 2.32. The quantitative estimate of drug-likeness (QED) is 0.800. The Morgan fingerprint density at radius 1 is 1.41 bits per heavy atom. The zero-order chi connectivity index (χ0) is 12.1. The van der Waals surface area contributed by atoms with E-state index in [0.717, 1.165) is 26.1 Å². The molecule has 2 rings (SSSR count). The molecule has 17 heavy (non-hydrogen) atoms. The third kappa shape index (κ3) is 3.54. The van der Waals surface area contributed by atoms with Crippen LogP contribution in [0.15, 0.2) is 30.3 Å². The summed E-state index contributed by atoms with van der Waals surface area (Å²) in [6.45, 7) is 2.68. The summed E-state index contributed by atoms with van der Waals surface area (Å²) < 4.78 is 0. The Labute approximate surface area is 101 Å². The molecule has 1 heterocycles. The fraction of sp³-hybridized carbons (Fsp3) is 0.462. The molecule has 0 saturated carbocycles. The molecule has 1 aliphatic rings. The Morgan fingerprint density at radius 3 is 2.88 bits per heavy atom. The molecule has 0 spiro atoms. The largest absolute Gasteiger partial charge is 0.480 e. The highest BCUT2D eigenvalue weighted by atomic mass is 16.4. The molecule has 0 aromatic heterocycles. The minimum Gasteiger partial charge on any atom is -0.480 e. The van der Waals surface area contributed by atoms with Crippen LogP contribution in [0.4, 0.5) is 0 Å². The number of piperazine rings is 1. The van der Waals surface area contributed by atoms with Crippen LogP contribution in [-0.4, -0.2) is 48.2 Å². The number of rotatable bonds is 4. The number of aliphatic carboxylic acids is 1. The van der Waals surface area contributed by atoms with E-state index in [1.807, 2.05) is 23.1 Å². The van der Waals surface area contributed by atoms with Gasteiger partial charge in [-0.2, -0.15) is 0 Å². The molecule has 1 aromatic rings. The summed E-state index contributed by atoms with van der Waals surface area (Å²) in [6, 6.07) is 10.5. The van der Waals surface area contributed by atoms with Crippen LogP contribution in [-0.2, 0) is 11.2 Å². The minimum atomic E-state index is -0.745. The maximum Gasteiger partial charge on any atom is 0.317 e. The lowest BCUT2D eigenvalue weighted by Gasteiger charge is -2.35. The second-order valence-electron chi connectivity index (χ2n) is 4.41. The lowest BCUT2D eigenvalue weighted by molar-refractivity contribution is -0.139.